The second-order valence-electron chi connectivity index (χ2n) is 4.96. The van der Waals surface area contributed by atoms with E-state index in [-0.39, 0.29) is 14.9 Å². The molecule has 0 aromatic heterocycles. The van der Waals surface area contributed by atoms with Gasteiger partial charge in [0.05, 0.1) is 10.0 Å². The van der Waals surface area contributed by atoms with Crippen molar-refractivity contribution in [1.82, 2.24) is 9.62 Å². The summed E-state index contributed by atoms with van der Waals surface area (Å²) in [4.78, 5) is 0.0235. The van der Waals surface area contributed by atoms with Gasteiger partial charge in [-0.2, -0.15) is 4.31 Å². The Bertz CT molecular complexity index is 549. The molecule has 0 atom stereocenters. The van der Waals surface area contributed by atoms with Crippen LogP contribution >= 0.6 is 23.2 Å². The molecule has 1 aliphatic rings. The second kappa shape index (κ2) is 6.62. The molecular formula is C13H18Cl2N2O2S. The van der Waals surface area contributed by atoms with Crippen LogP contribution in [0.5, 0.6) is 0 Å². The molecule has 0 saturated carbocycles. The molecule has 1 aromatic rings. The van der Waals surface area contributed by atoms with Crippen LogP contribution in [0.15, 0.2) is 23.1 Å². The minimum atomic E-state index is -3.61. The summed E-state index contributed by atoms with van der Waals surface area (Å²) in [7, 11) is -1.70. The molecule has 1 aromatic carbocycles. The van der Waals surface area contributed by atoms with Crippen molar-refractivity contribution in [3.05, 3.63) is 28.2 Å². The highest BCUT2D eigenvalue weighted by molar-refractivity contribution is 7.89. The van der Waals surface area contributed by atoms with E-state index in [1.807, 2.05) is 7.05 Å². The third-order valence-corrected chi connectivity index (χ3v) is 6.44. The van der Waals surface area contributed by atoms with Crippen LogP contribution in [-0.2, 0) is 10.0 Å². The maximum atomic E-state index is 12.6. The van der Waals surface area contributed by atoms with E-state index in [1.54, 1.807) is 18.2 Å². The van der Waals surface area contributed by atoms with Crippen molar-refractivity contribution in [1.29, 1.82) is 0 Å². The van der Waals surface area contributed by atoms with E-state index in [2.05, 4.69) is 5.32 Å². The van der Waals surface area contributed by atoms with Gasteiger partial charge in [-0.25, -0.2) is 8.42 Å². The van der Waals surface area contributed by atoms with Gasteiger partial charge in [0.2, 0.25) is 10.0 Å². The molecule has 20 heavy (non-hydrogen) atoms. The SMILES string of the molecule is CNCC1CCN(S(=O)(=O)c2c(Cl)cccc2Cl)CC1. The normalized spacial score (nSPS) is 18.4. The van der Waals surface area contributed by atoms with Crippen molar-refractivity contribution in [2.75, 3.05) is 26.7 Å². The van der Waals surface area contributed by atoms with Crippen LogP contribution in [0.4, 0.5) is 0 Å². The lowest BCUT2D eigenvalue weighted by Gasteiger charge is -2.31. The highest BCUT2D eigenvalue weighted by atomic mass is 35.5. The molecule has 0 unspecified atom stereocenters. The number of sulfonamides is 1. The van der Waals surface area contributed by atoms with Gasteiger partial charge in [0.25, 0.3) is 0 Å². The predicted octanol–water partition coefficient (Wildman–Crippen LogP) is 2.61. The summed E-state index contributed by atoms with van der Waals surface area (Å²) in [6.07, 6.45) is 1.70. The molecular weight excluding hydrogens is 319 g/mol. The number of hydrogen-bond acceptors (Lipinski definition) is 3. The van der Waals surface area contributed by atoms with Crippen molar-refractivity contribution in [2.45, 2.75) is 17.7 Å². The fourth-order valence-electron chi connectivity index (χ4n) is 2.50. The number of hydrogen-bond donors (Lipinski definition) is 1. The van der Waals surface area contributed by atoms with Crippen LogP contribution < -0.4 is 5.32 Å². The summed E-state index contributed by atoms with van der Waals surface area (Å²) < 4.78 is 26.7. The summed E-state index contributed by atoms with van der Waals surface area (Å²) in [5, 5.41) is 3.48. The quantitative estimate of drug-likeness (QED) is 0.919. The standard InChI is InChI=1S/C13H18Cl2N2O2S/c1-16-9-10-5-7-17(8-6-10)20(18,19)13-11(14)3-2-4-12(13)15/h2-4,10,16H,5-9H2,1H3. The molecule has 0 amide bonds. The second-order valence-corrected chi connectivity index (χ2v) is 7.65. The van der Waals surface area contributed by atoms with Crippen LogP contribution in [0.2, 0.25) is 10.0 Å². The number of piperidine rings is 1. The van der Waals surface area contributed by atoms with Gasteiger partial charge in [0.15, 0.2) is 0 Å². The van der Waals surface area contributed by atoms with Crippen LogP contribution in [0, 0.1) is 5.92 Å². The average Bonchev–Trinajstić information content (AvgIpc) is 2.39. The number of nitrogens with zero attached hydrogens (tertiary/aromatic N) is 1. The number of rotatable bonds is 4. The molecule has 1 saturated heterocycles. The lowest BCUT2D eigenvalue weighted by molar-refractivity contribution is 0.271. The van der Waals surface area contributed by atoms with E-state index >= 15 is 0 Å². The summed E-state index contributed by atoms with van der Waals surface area (Å²) in [5.41, 5.74) is 0. The van der Waals surface area contributed by atoms with Crippen molar-refractivity contribution >= 4 is 33.2 Å². The fraction of sp³-hybridized carbons (Fsp3) is 0.538. The molecule has 0 radical (unpaired) electrons. The highest BCUT2D eigenvalue weighted by Gasteiger charge is 2.32. The molecule has 1 heterocycles. The van der Waals surface area contributed by atoms with E-state index in [9.17, 15) is 8.42 Å². The molecule has 112 valence electrons. The maximum Gasteiger partial charge on any atom is 0.246 e. The first kappa shape index (κ1) is 16.0. The monoisotopic (exact) mass is 336 g/mol. The van der Waals surface area contributed by atoms with Crippen molar-refractivity contribution < 1.29 is 8.42 Å². The van der Waals surface area contributed by atoms with Crippen LogP contribution in [-0.4, -0.2) is 39.4 Å². The molecule has 4 nitrogen and oxygen atoms in total. The van der Waals surface area contributed by atoms with Crippen LogP contribution in [0.25, 0.3) is 0 Å². The Morgan fingerprint density at radius 1 is 1.25 bits per heavy atom. The van der Waals surface area contributed by atoms with Gasteiger partial charge in [-0.1, -0.05) is 29.3 Å². The highest BCUT2D eigenvalue weighted by Crippen LogP contribution is 2.33. The Morgan fingerprint density at radius 2 is 1.80 bits per heavy atom. The number of benzene rings is 1. The fourth-order valence-corrected chi connectivity index (χ4v) is 5.06. The van der Waals surface area contributed by atoms with Crippen molar-refractivity contribution in [3.8, 4) is 0 Å². The van der Waals surface area contributed by atoms with Gasteiger partial charge >= 0.3 is 0 Å². The minimum absolute atomic E-state index is 0.0235. The third-order valence-electron chi connectivity index (χ3n) is 3.58. The largest absolute Gasteiger partial charge is 0.319 e. The average molecular weight is 337 g/mol. The molecule has 1 N–H and O–H groups in total. The third kappa shape index (κ3) is 3.28. The molecule has 0 aliphatic carbocycles. The van der Waals surface area contributed by atoms with Gasteiger partial charge < -0.3 is 5.32 Å². The van der Waals surface area contributed by atoms with Crippen LogP contribution in [0.3, 0.4) is 0 Å². The van der Waals surface area contributed by atoms with Crippen molar-refractivity contribution in [3.63, 3.8) is 0 Å². The topological polar surface area (TPSA) is 49.4 Å². The smallest absolute Gasteiger partial charge is 0.246 e. The molecule has 0 spiro atoms. The molecule has 2 rings (SSSR count). The van der Waals surface area contributed by atoms with Crippen LogP contribution in [0.1, 0.15) is 12.8 Å². The Morgan fingerprint density at radius 3 is 2.30 bits per heavy atom. The first-order valence-electron chi connectivity index (χ1n) is 6.55. The van der Waals surface area contributed by atoms with E-state index < -0.39 is 10.0 Å². The zero-order chi connectivity index (χ0) is 14.8. The summed E-state index contributed by atoms with van der Waals surface area (Å²) in [5.74, 6) is 0.521. The summed E-state index contributed by atoms with van der Waals surface area (Å²) in [6, 6.07) is 4.74. The zero-order valence-corrected chi connectivity index (χ0v) is 13.6. The van der Waals surface area contributed by atoms with Gasteiger partial charge in [0.1, 0.15) is 4.90 Å². The number of nitrogens with one attached hydrogen (secondary N) is 1. The van der Waals surface area contributed by atoms with Gasteiger partial charge in [-0.3, -0.25) is 0 Å². The van der Waals surface area contributed by atoms with E-state index in [0.717, 1.165) is 19.4 Å². The van der Waals surface area contributed by atoms with E-state index in [0.29, 0.717) is 19.0 Å². The maximum absolute atomic E-state index is 12.6. The van der Waals surface area contributed by atoms with Crippen molar-refractivity contribution in [2.24, 2.45) is 5.92 Å². The number of halogens is 2. The Labute approximate surface area is 130 Å². The first-order chi connectivity index (χ1) is 9.46. The van der Waals surface area contributed by atoms with Gasteiger partial charge in [-0.05, 0) is 44.5 Å². The molecule has 1 aliphatic heterocycles. The minimum Gasteiger partial charge on any atom is -0.319 e. The lowest BCUT2D eigenvalue weighted by atomic mass is 9.98. The molecule has 1 fully saturated rings. The Hall–Kier alpha value is -0.330. The van der Waals surface area contributed by atoms with E-state index in [1.165, 1.54) is 4.31 Å². The summed E-state index contributed by atoms with van der Waals surface area (Å²) in [6.45, 7) is 1.94. The predicted molar refractivity (Wildman–Crippen MR) is 81.9 cm³/mol. The molecule has 7 heteroatoms. The van der Waals surface area contributed by atoms with E-state index in [4.69, 9.17) is 23.2 Å². The lowest BCUT2D eigenvalue weighted by Crippen LogP contribution is -2.40. The first-order valence-corrected chi connectivity index (χ1v) is 8.75. The van der Waals surface area contributed by atoms with Gasteiger partial charge in [-0.15, -0.1) is 0 Å². The van der Waals surface area contributed by atoms with Gasteiger partial charge in [0, 0.05) is 13.1 Å². The Balaban J connectivity index is 2.20. The Kier molecular flexibility index (Phi) is 5.31. The summed E-state index contributed by atoms with van der Waals surface area (Å²) >= 11 is 12.0. The molecule has 0 bridgehead atoms. The zero-order valence-electron chi connectivity index (χ0n) is 11.3.